The summed E-state index contributed by atoms with van der Waals surface area (Å²) in [5, 5.41) is 0. The van der Waals surface area contributed by atoms with Crippen molar-refractivity contribution in [3.8, 4) is 5.88 Å². The molecule has 4 nitrogen and oxygen atoms in total. The molecule has 22 heavy (non-hydrogen) atoms. The fourth-order valence-corrected chi connectivity index (χ4v) is 2.46. The van der Waals surface area contributed by atoms with Crippen LogP contribution in [-0.2, 0) is 0 Å². The molecule has 1 aromatic heterocycles. The van der Waals surface area contributed by atoms with Gasteiger partial charge in [-0.25, -0.2) is 13.8 Å². The zero-order valence-electron chi connectivity index (χ0n) is 11.7. The molecule has 2 aromatic rings. The van der Waals surface area contributed by atoms with Crippen LogP contribution in [0.3, 0.4) is 0 Å². The summed E-state index contributed by atoms with van der Waals surface area (Å²) in [6.45, 7) is 0.674. The van der Waals surface area contributed by atoms with Gasteiger partial charge in [0.25, 0.3) is 5.91 Å². The van der Waals surface area contributed by atoms with Crippen LogP contribution in [0.1, 0.15) is 16.8 Å². The van der Waals surface area contributed by atoms with Crippen molar-refractivity contribution in [2.75, 3.05) is 13.1 Å². The third kappa shape index (κ3) is 2.90. The molecule has 2 heterocycles. The van der Waals surface area contributed by atoms with Crippen molar-refractivity contribution in [1.82, 2.24) is 9.88 Å². The number of carbonyl (C=O) groups excluding carboxylic acids is 1. The van der Waals surface area contributed by atoms with Crippen LogP contribution in [0.15, 0.2) is 42.6 Å². The normalized spacial score (nSPS) is 17.5. The van der Waals surface area contributed by atoms with Crippen molar-refractivity contribution in [2.24, 2.45) is 0 Å². The standard InChI is InChI=1S/C16H14F2N2O2/c17-12-4-3-5-13(18)15(12)16(21)20-9-7-11(10-20)22-14-6-1-2-8-19-14/h1-6,8,11H,7,9-10H2. The second kappa shape index (κ2) is 6.09. The number of amides is 1. The first kappa shape index (κ1) is 14.4. The number of aromatic nitrogens is 1. The molecule has 1 aromatic carbocycles. The maximum absolute atomic E-state index is 13.7. The van der Waals surface area contributed by atoms with Crippen molar-refractivity contribution in [1.29, 1.82) is 0 Å². The predicted octanol–water partition coefficient (Wildman–Crippen LogP) is 2.65. The van der Waals surface area contributed by atoms with E-state index in [1.54, 1.807) is 24.4 Å². The highest BCUT2D eigenvalue weighted by atomic mass is 19.1. The summed E-state index contributed by atoms with van der Waals surface area (Å²) < 4.78 is 33.0. The Morgan fingerprint density at radius 2 is 1.95 bits per heavy atom. The summed E-state index contributed by atoms with van der Waals surface area (Å²) in [7, 11) is 0. The van der Waals surface area contributed by atoms with E-state index >= 15 is 0 Å². The van der Waals surface area contributed by atoms with Gasteiger partial charge in [0.15, 0.2) is 0 Å². The Morgan fingerprint density at radius 1 is 1.18 bits per heavy atom. The minimum atomic E-state index is -0.848. The molecule has 0 radical (unpaired) electrons. The topological polar surface area (TPSA) is 42.4 Å². The van der Waals surface area contributed by atoms with Gasteiger partial charge in [-0.05, 0) is 18.2 Å². The van der Waals surface area contributed by atoms with Crippen LogP contribution < -0.4 is 4.74 Å². The van der Waals surface area contributed by atoms with Crippen LogP contribution in [0.2, 0.25) is 0 Å². The Hall–Kier alpha value is -2.50. The molecule has 0 spiro atoms. The molecule has 1 atom stereocenters. The van der Waals surface area contributed by atoms with Gasteiger partial charge in [-0.15, -0.1) is 0 Å². The van der Waals surface area contributed by atoms with Crippen molar-refractivity contribution in [3.05, 3.63) is 59.8 Å². The molecule has 0 N–H and O–H groups in total. The largest absolute Gasteiger partial charge is 0.472 e. The van der Waals surface area contributed by atoms with Crippen molar-refractivity contribution in [3.63, 3.8) is 0 Å². The van der Waals surface area contributed by atoms with Gasteiger partial charge in [0, 0.05) is 25.2 Å². The lowest BCUT2D eigenvalue weighted by molar-refractivity contribution is 0.0761. The molecule has 1 amide bonds. The van der Waals surface area contributed by atoms with Crippen LogP contribution in [0.5, 0.6) is 5.88 Å². The van der Waals surface area contributed by atoms with Gasteiger partial charge in [-0.1, -0.05) is 12.1 Å². The average molecular weight is 304 g/mol. The summed E-state index contributed by atoms with van der Waals surface area (Å²) in [4.78, 5) is 17.7. The molecule has 114 valence electrons. The second-order valence-electron chi connectivity index (χ2n) is 5.04. The first-order valence-electron chi connectivity index (χ1n) is 6.96. The van der Waals surface area contributed by atoms with Crippen LogP contribution in [0.25, 0.3) is 0 Å². The first-order chi connectivity index (χ1) is 10.6. The lowest BCUT2D eigenvalue weighted by atomic mass is 10.1. The van der Waals surface area contributed by atoms with E-state index in [1.165, 1.54) is 11.0 Å². The Kier molecular flexibility index (Phi) is 4.00. The van der Waals surface area contributed by atoms with Crippen LogP contribution in [0.4, 0.5) is 8.78 Å². The van der Waals surface area contributed by atoms with Gasteiger partial charge in [-0.2, -0.15) is 0 Å². The number of carbonyl (C=O) groups is 1. The molecule has 1 unspecified atom stereocenters. The lowest BCUT2D eigenvalue weighted by Gasteiger charge is -2.17. The molecule has 1 fully saturated rings. The minimum Gasteiger partial charge on any atom is -0.472 e. The molecule has 1 aliphatic rings. The van der Waals surface area contributed by atoms with E-state index in [9.17, 15) is 13.6 Å². The van der Waals surface area contributed by atoms with Crippen LogP contribution >= 0.6 is 0 Å². The van der Waals surface area contributed by atoms with Crippen molar-refractivity contribution >= 4 is 5.91 Å². The number of hydrogen-bond donors (Lipinski definition) is 0. The molecule has 1 saturated heterocycles. The smallest absolute Gasteiger partial charge is 0.259 e. The van der Waals surface area contributed by atoms with Gasteiger partial charge < -0.3 is 9.64 Å². The van der Waals surface area contributed by atoms with E-state index in [2.05, 4.69) is 4.98 Å². The highest BCUT2D eigenvalue weighted by molar-refractivity contribution is 5.95. The van der Waals surface area contributed by atoms with E-state index in [4.69, 9.17) is 4.74 Å². The maximum Gasteiger partial charge on any atom is 0.259 e. The molecule has 1 aliphatic heterocycles. The number of likely N-dealkylation sites (tertiary alicyclic amines) is 1. The summed E-state index contributed by atoms with van der Waals surface area (Å²) in [5.74, 6) is -1.88. The highest BCUT2D eigenvalue weighted by Gasteiger charge is 2.31. The number of rotatable bonds is 3. The van der Waals surface area contributed by atoms with E-state index in [1.807, 2.05) is 0 Å². The maximum atomic E-state index is 13.7. The number of benzene rings is 1. The fraction of sp³-hybridized carbons (Fsp3) is 0.250. The van der Waals surface area contributed by atoms with Crippen LogP contribution in [0, 0.1) is 11.6 Å². The Labute approximate surface area is 126 Å². The number of nitrogens with zero attached hydrogens (tertiary/aromatic N) is 2. The third-order valence-corrected chi connectivity index (χ3v) is 3.53. The monoisotopic (exact) mass is 304 g/mol. The molecule has 6 heteroatoms. The Balaban J connectivity index is 1.69. The molecular weight excluding hydrogens is 290 g/mol. The molecule has 3 rings (SSSR count). The second-order valence-corrected chi connectivity index (χ2v) is 5.04. The van der Waals surface area contributed by atoms with E-state index in [0.717, 1.165) is 12.1 Å². The SMILES string of the molecule is O=C(c1c(F)cccc1F)N1CCC(Oc2ccccn2)C1. The first-order valence-corrected chi connectivity index (χ1v) is 6.96. The zero-order valence-corrected chi connectivity index (χ0v) is 11.7. The van der Waals surface area contributed by atoms with Gasteiger partial charge in [0.1, 0.15) is 23.3 Å². The van der Waals surface area contributed by atoms with Gasteiger partial charge in [-0.3, -0.25) is 4.79 Å². The predicted molar refractivity (Wildman–Crippen MR) is 75.5 cm³/mol. The Morgan fingerprint density at radius 3 is 2.64 bits per heavy atom. The summed E-state index contributed by atoms with van der Waals surface area (Å²) in [5.41, 5.74) is -0.513. The fourth-order valence-electron chi connectivity index (χ4n) is 2.46. The van der Waals surface area contributed by atoms with E-state index in [-0.39, 0.29) is 12.6 Å². The van der Waals surface area contributed by atoms with E-state index in [0.29, 0.717) is 18.8 Å². The van der Waals surface area contributed by atoms with Crippen molar-refractivity contribution < 1.29 is 18.3 Å². The van der Waals surface area contributed by atoms with E-state index < -0.39 is 23.1 Å². The third-order valence-electron chi connectivity index (χ3n) is 3.53. The highest BCUT2D eigenvalue weighted by Crippen LogP contribution is 2.21. The van der Waals surface area contributed by atoms with Crippen LogP contribution in [-0.4, -0.2) is 35.0 Å². The molecule has 0 saturated carbocycles. The van der Waals surface area contributed by atoms with Crippen molar-refractivity contribution in [2.45, 2.75) is 12.5 Å². The summed E-state index contributed by atoms with van der Waals surface area (Å²) >= 11 is 0. The number of hydrogen-bond acceptors (Lipinski definition) is 3. The van der Waals surface area contributed by atoms with Gasteiger partial charge in [0.05, 0.1) is 6.54 Å². The Bertz CT molecular complexity index is 659. The van der Waals surface area contributed by atoms with Gasteiger partial charge in [0.2, 0.25) is 5.88 Å². The quantitative estimate of drug-likeness (QED) is 0.875. The number of halogens is 2. The molecular formula is C16H14F2N2O2. The lowest BCUT2D eigenvalue weighted by Crippen LogP contribution is -2.32. The average Bonchev–Trinajstić information content (AvgIpc) is 2.96. The molecule has 0 bridgehead atoms. The summed E-state index contributed by atoms with van der Waals surface area (Å²) in [6, 6.07) is 8.69. The zero-order chi connectivity index (χ0) is 15.5. The van der Waals surface area contributed by atoms with Gasteiger partial charge >= 0.3 is 0 Å². The number of pyridine rings is 1. The molecule has 0 aliphatic carbocycles. The summed E-state index contributed by atoms with van der Waals surface area (Å²) in [6.07, 6.45) is 1.98. The minimum absolute atomic E-state index is 0.228. The number of ether oxygens (including phenoxy) is 1.